The lowest BCUT2D eigenvalue weighted by molar-refractivity contribution is 0.304. The Morgan fingerprint density at radius 1 is 1.07 bits per heavy atom. The fourth-order valence-electron chi connectivity index (χ4n) is 3.64. The highest BCUT2D eigenvalue weighted by Gasteiger charge is 2.40. The number of fused-ring (bicyclic) bond motifs is 1. The monoisotopic (exact) mass is 407 g/mol. The molecule has 150 valence electrons. The second-order valence-corrected chi connectivity index (χ2v) is 9.65. The van der Waals surface area contributed by atoms with Gasteiger partial charge in [-0.25, -0.2) is 4.99 Å². The summed E-state index contributed by atoms with van der Waals surface area (Å²) in [5.74, 6) is 1.17. The summed E-state index contributed by atoms with van der Waals surface area (Å²) in [4.78, 5) is 5.49. The first-order valence-corrected chi connectivity index (χ1v) is 10.9. The number of ether oxygens (including phenoxy) is 2. The highest BCUT2D eigenvalue weighted by atomic mass is 32.2. The molecule has 1 aliphatic heterocycles. The summed E-state index contributed by atoms with van der Waals surface area (Å²) in [6.45, 7) is 4.36. The van der Waals surface area contributed by atoms with Gasteiger partial charge in [-0.1, -0.05) is 60.7 Å². The average Bonchev–Trinajstić information content (AvgIpc) is 3.22. The molecule has 1 unspecified atom stereocenters. The summed E-state index contributed by atoms with van der Waals surface area (Å²) >= 11 is 0. The fourth-order valence-corrected chi connectivity index (χ4v) is 5.15. The molecule has 2 atom stereocenters. The lowest BCUT2D eigenvalue weighted by Crippen LogP contribution is -2.37. The van der Waals surface area contributed by atoms with E-state index in [-0.39, 0.29) is 6.04 Å². The van der Waals surface area contributed by atoms with Gasteiger partial charge in [0.15, 0.2) is 0 Å². The van der Waals surface area contributed by atoms with Crippen LogP contribution in [0.3, 0.4) is 0 Å². The number of hydrogen-bond acceptors (Lipinski definition) is 4. The van der Waals surface area contributed by atoms with Crippen LogP contribution in [0.2, 0.25) is 0 Å². The molecule has 5 heteroatoms. The van der Waals surface area contributed by atoms with Gasteiger partial charge < -0.3 is 9.47 Å². The van der Waals surface area contributed by atoms with Gasteiger partial charge in [-0.05, 0) is 37.3 Å². The number of aliphatic imine (C=N–C) groups is 1. The molecule has 4 rings (SSSR count). The summed E-state index contributed by atoms with van der Waals surface area (Å²) in [5.41, 5.74) is 1.22. The van der Waals surface area contributed by atoms with Gasteiger partial charge in [0.1, 0.15) is 17.1 Å². The summed E-state index contributed by atoms with van der Waals surface area (Å²) in [6.07, 6.45) is 0.810. The number of benzene rings is 3. The largest absolute Gasteiger partial charge is 0.495 e. The molecule has 3 aromatic carbocycles. The highest BCUT2D eigenvalue weighted by molar-refractivity contribution is 7.87. The molecule has 0 aliphatic carbocycles. The Morgan fingerprint density at radius 3 is 2.55 bits per heavy atom. The zero-order valence-corrected chi connectivity index (χ0v) is 17.7. The molecular weight excluding hydrogens is 382 g/mol. The Hall–Kier alpha value is -2.66. The smallest absolute Gasteiger partial charge is 0.202 e. The van der Waals surface area contributed by atoms with E-state index in [0.717, 1.165) is 17.2 Å². The topological polar surface area (TPSA) is 47.9 Å². The molecule has 1 aliphatic rings. The van der Waals surface area contributed by atoms with Crippen molar-refractivity contribution in [2.24, 2.45) is 4.99 Å². The van der Waals surface area contributed by atoms with Crippen LogP contribution >= 0.6 is 0 Å². The van der Waals surface area contributed by atoms with Crippen LogP contribution in [-0.2, 0) is 22.0 Å². The van der Waals surface area contributed by atoms with Gasteiger partial charge in [-0.3, -0.25) is 4.21 Å². The third-order valence-electron chi connectivity index (χ3n) is 5.25. The minimum Gasteiger partial charge on any atom is -0.495 e. The molecule has 0 N–H and O–H groups in total. The van der Waals surface area contributed by atoms with Crippen LogP contribution in [0.25, 0.3) is 10.8 Å². The van der Waals surface area contributed by atoms with Crippen molar-refractivity contribution in [3.63, 3.8) is 0 Å². The molecule has 0 radical (unpaired) electrons. The van der Waals surface area contributed by atoms with E-state index >= 15 is 0 Å². The predicted octanol–water partition coefficient (Wildman–Crippen LogP) is 4.77. The molecule has 0 saturated carbocycles. The van der Waals surface area contributed by atoms with Gasteiger partial charge in [0.25, 0.3) is 0 Å². The average molecular weight is 408 g/mol. The van der Waals surface area contributed by atoms with Gasteiger partial charge in [0, 0.05) is 5.39 Å². The molecular formula is C24H25NO3S. The number of rotatable bonds is 6. The number of nitrogens with zero attached hydrogens (tertiary/aromatic N) is 1. The van der Waals surface area contributed by atoms with Crippen molar-refractivity contribution >= 4 is 27.5 Å². The van der Waals surface area contributed by atoms with E-state index in [1.165, 1.54) is 5.56 Å². The SMILES string of the molecule is COc1ccc2ccccc2c1S(=O)C(C)(C)C1=N[C@@H](Cc2ccccc2)CO1. The molecule has 3 aromatic rings. The van der Waals surface area contributed by atoms with Gasteiger partial charge in [0.2, 0.25) is 5.90 Å². The van der Waals surface area contributed by atoms with Crippen molar-refractivity contribution in [3.8, 4) is 5.75 Å². The van der Waals surface area contributed by atoms with Crippen LogP contribution < -0.4 is 4.74 Å². The normalized spacial score (nSPS) is 17.6. The molecule has 0 spiro atoms. The molecule has 4 nitrogen and oxygen atoms in total. The summed E-state index contributed by atoms with van der Waals surface area (Å²) in [7, 11) is 0.197. The molecule has 0 aromatic heterocycles. The van der Waals surface area contributed by atoms with E-state index in [4.69, 9.17) is 14.5 Å². The van der Waals surface area contributed by atoms with Crippen LogP contribution in [-0.4, -0.2) is 34.6 Å². The second kappa shape index (κ2) is 7.99. The number of methoxy groups -OCH3 is 1. The predicted molar refractivity (Wildman–Crippen MR) is 118 cm³/mol. The maximum atomic E-state index is 13.8. The lowest BCUT2D eigenvalue weighted by Gasteiger charge is -2.25. The van der Waals surface area contributed by atoms with Gasteiger partial charge in [0.05, 0.1) is 28.8 Å². The van der Waals surface area contributed by atoms with E-state index in [2.05, 4.69) is 12.1 Å². The van der Waals surface area contributed by atoms with Crippen LogP contribution in [0.1, 0.15) is 19.4 Å². The first kappa shape index (κ1) is 19.6. The standard InChI is InChI=1S/C24H25NO3S/c1-24(2,23-25-19(16-28-23)15-17-9-5-4-6-10-17)29(26)22-20-12-8-7-11-18(20)13-14-21(22)27-3/h4-14,19H,15-16H2,1-3H3/t19-,29?/m0/s1. The third kappa shape index (κ3) is 3.79. The maximum absolute atomic E-state index is 13.8. The Labute approximate surface area is 174 Å². The van der Waals surface area contributed by atoms with Crippen molar-refractivity contribution in [1.82, 2.24) is 0 Å². The molecule has 0 fully saturated rings. The molecule has 29 heavy (non-hydrogen) atoms. The molecule has 0 saturated heterocycles. The zero-order valence-electron chi connectivity index (χ0n) is 16.9. The van der Waals surface area contributed by atoms with Gasteiger partial charge >= 0.3 is 0 Å². The van der Waals surface area contributed by atoms with Crippen molar-refractivity contribution in [1.29, 1.82) is 0 Å². The Kier molecular flexibility index (Phi) is 5.41. The van der Waals surface area contributed by atoms with Crippen LogP contribution in [0.15, 0.2) is 76.6 Å². The lowest BCUT2D eigenvalue weighted by atomic mass is 10.1. The highest BCUT2D eigenvalue weighted by Crippen LogP contribution is 2.36. The first-order chi connectivity index (χ1) is 14.0. The van der Waals surface area contributed by atoms with Gasteiger partial charge in [-0.15, -0.1) is 0 Å². The Morgan fingerprint density at radius 2 is 1.79 bits per heavy atom. The van der Waals surface area contributed by atoms with Crippen molar-refractivity contribution < 1.29 is 13.7 Å². The van der Waals surface area contributed by atoms with Crippen molar-refractivity contribution in [2.75, 3.05) is 13.7 Å². The summed E-state index contributed by atoms with van der Waals surface area (Å²) < 4.78 is 24.5. The fraction of sp³-hybridized carbons (Fsp3) is 0.292. The van der Waals surface area contributed by atoms with E-state index in [1.807, 2.05) is 68.4 Å². The van der Waals surface area contributed by atoms with E-state index in [1.54, 1.807) is 7.11 Å². The van der Waals surface area contributed by atoms with Crippen LogP contribution in [0.5, 0.6) is 5.75 Å². The first-order valence-electron chi connectivity index (χ1n) is 9.73. The minimum absolute atomic E-state index is 0.0399. The third-order valence-corrected chi connectivity index (χ3v) is 7.15. The minimum atomic E-state index is -1.41. The van der Waals surface area contributed by atoms with Gasteiger partial charge in [-0.2, -0.15) is 0 Å². The molecule has 0 amide bonds. The Bertz CT molecular complexity index is 1080. The van der Waals surface area contributed by atoms with E-state index in [9.17, 15) is 4.21 Å². The molecule has 1 heterocycles. The molecule has 0 bridgehead atoms. The summed E-state index contributed by atoms with van der Waals surface area (Å²) in [6, 6.07) is 22.1. The van der Waals surface area contributed by atoms with Crippen LogP contribution in [0.4, 0.5) is 0 Å². The quantitative estimate of drug-likeness (QED) is 0.591. The maximum Gasteiger partial charge on any atom is 0.202 e. The van der Waals surface area contributed by atoms with Crippen LogP contribution in [0, 0.1) is 0 Å². The van der Waals surface area contributed by atoms with E-state index < -0.39 is 15.5 Å². The Balaban J connectivity index is 1.67. The van der Waals surface area contributed by atoms with E-state index in [0.29, 0.717) is 23.1 Å². The van der Waals surface area contributed by atoms with Crippen molar-refractivity contribution in [2.45, 2.75) is 36.0 Å². The second-order valence-electron chi connectivity index (χ2n) is 7.69. The summed E-state index contributed by atoms with van der Waals surface area (Å²) in [5, 5.41) is 1.96. The van der Waals surface area contributed by atoms with Crippen molar-refractivity contribution in [3.05, 3.63) is 72.3 Å². The zero-order chi connectivity index (χ0) is 20.4. The number of hydrogen-bond donors (Lipinski definition) is 0.